The number of benzene rings is 3. The molecule has 0 spiro atoms. The van der Waals surface area contributed by atoms with Crippen LogP contribution in [0.5, 0.6) is 11.5 Å². The molecule has 0 saturated carbocycles. The molecule has 32 heavy (non-hydrogen) atoms. The first-order valence-electron chi connectivity index (χ1n) is 8.67. The minimum atomic E-state index is -0.605. The molecule has 3 rings (SSSR count). The lowest BCUT2D eigenvalue weighted by Gasteiger charge is -2.04. The number of hydrogen-bond acceptors (Lipinski definition) is 8. The number of hydrogen-bond donors (Lipinski definition) is 2. The molecular weight excluding hydrogens is 463 g/mol. The highest BCUT2D eigenvalue weighted by molar-refractivity contribution is 6.37. The van der Waals surface area contributed by atoms with Crippen molar-refractivity contribution in [2.75, 3.05) is 0 Å². The number of aromatic hydroxyl groups is 2. The minimum absolute atomic E-state index is 0.106. The zero-order valence-electron chi connectivity index (χ0n) is 15.8. The van der Waals surface area contributed by atoms with Crippen LogP contribution in [0.1, 0.15) is 11.1 Å². The van der Waals surface area contributed by atoms with E-state index < -0.39 is 9.85 Å². The molecule has 162 valence electrons. The highest BCUT2D eigenvalue weighted by Gasteiger charge is 2.11. The third-order valence-corrected chi connectivity index (χ3v) is 4.75. The zero-order chi connectivity index (χ0) is 23.4. The Hall–Kier alpha value is -4.02. The summed E-state index contributed by atoms with van der Waals surface area (Å²) in [7, 11) is 0. The van der Waals surface area contributed by atoms with Gasteiger partial charge in [0.25, 0.3) is 11.4 Å². The summed E-state index contributed by atoms with van der Waals surface area (Å²) in [5.74, 6) is -0.417. The Bertz CT molecular complexity index is 1190. The van der Waals surface area contributed by atoms with Crippen LogP contribution in [0.15, 0.2) is 58.5 Å². The molecule has 0 saturated heterocycles. The Morgan fingerprint density at radius 3 is 1.44 bits per heavy atom. The standard InChI is InChI=1S/C20H12Cl2N4O6/c21-15-8-18(24-10-12-6-14(26(31)32)2-4-20(12)28)16(22)7-17(15)23-9-11-5-13(25(29)30)1-3-19(11)27/h1-10,27-28H. The Kier molecular flexibility index (Phi) is 6.67. The van der Waals surface area contributed by atoms with E-state index in [0.29, 0.717) is 0 Å². The van der Waals surface area contributed by atoms with Crippen LogP contribution in [0.25, 0.3) is 0 Å². The number of nitrogens with zero attached hydrogens (tertiary/aromatic N) is 4. The number of nitro benzene ring substituents is 2. The fraction of sp³-hybridized carbons (Fsp3) is 0. The van der Waals surface area contributed by atoms with Gasteiger partial charge in [0.2, 0.25) is 0 Å². The van der Waals surface area contributed by atoms with Gasteiger partial charge in [-0.25, -0.2) is 0 Å². The molecule has 10 nitrogen and oxygen atoms in total. The summed E-state index contributed by atoms with van der Waals surface area (Å²) in [5, 5.41) is 41.8. The van der Waals surface area contributed by atoms with E-state index in [0.717, 1.165) is 24.3 Å². The zero-order valence-corrected chi connectivity index (χ0v) is 17.4. The molecule has 0 aliphatic heterocycles. The fourth-order valence-corrected chi connectivity index (χ4v) is 2.93. The summed E-state index contributed by atoms with van der Waals surface area (Å²) in [5.41, 5.74) is 0.189. The average Bonchev–Trinajstić information content (AvgIpc) is 2.74. The molecular formula is C20H12Cl2N4O6. The summed E-state index contributed by atoms with van der Waals surface area (Å²) in [6.07, 6.45) is 2.40. The Morgan fingerprint density at radius 2 is 1.09 bits per heavy atom. The van der Waals surface area contributed by atoms with E-state index in [9.17, 15) is 30.4 Å². The normalized spacial score (nSPS) is 11.3. The second-order valence-corrected chi connectivity index (χ2v) is 7.09. The second-order valence-electron chi connectivity index (χ2n) is 6.27. The molecule has 0 fully saturated rings. The van der Waals surface area contributed by atoms with E-state index >= 15 is 0 Å². The number of rotatable bonds is 6. The predicted molar refractivity (Wildman–Crippen MR) is 120 cm³/mol. The Morgan fingerprint density at radius 1 is 0.719 bits per heavy atom. The number of non-ortho nitro benzene ring substituents is 2. The molecule has 3 aromatic carbocycles. The first-order valence-corrected chi connectivity index (χ1v) is 9.43. The number of phenols is 2. The van der Waals surface area contributed by atoms with Crippen molar-refractivity contribution in [1.29, 1.82) is 0 Å². The summed E-state index contributed by atoms with van der Waals surface area (Å²) in [6.45, 7) is 0. The van der Waals surface area contributed by atoms with E-state index in [-0.39, 0.29) is 55.4 Å². The van der Waals surface area contributed by atoms with Crippen LogP contribution in [-0.2, 0) is 0 Å². The number of aliphatic imine (C=N–C) groups is 2. The van der Waals surface area contributed by atoms with Gasteiger partial charge in [-0.05, 0) is 24.3 Å². The van der Waals surface area contributed by atoms with Gasteiger partial charge in [0.05, 0.1) is 31.3 Å². The van der Waals surface area contributed by atoms with Crippen molar-refractivity contribution < 1.29 is 20.1 Å². The van der Waals surface area contributed by atoms with E-state index in [1.807, 2.05) is 0 Å². The van der Waals surface area contributed by atoms with E-state index in [1.54, 1.807) is 0 Å². The quantitative estimate of drug-likeness (QED) is 0.264. The number of phenolic OH excluding ortho intramolecular Hbond substituents is 2. The summed E-state index contributed by atoms with van der Waals surface area (Å²) >= 11 is 12.4. The van der Waals surface area contributed by atoms with E-state index in [1.165, 1.54) is 36.7 Å². The molecule has 0 unspecified atom stereocenters. The topological polar surface area (TPSA) is 151 Å². The Labute approximate surface area is 190 Å². The smallest absolute Gasteiger partial charge is 0.270 e. The van der Waals surface area contributed by atoms with Gasteiger partial charge in [-0.3, -0.25) is 30.2 Å². The lowest BCUT2D eigenvalue weighted by Crippen LogP contribution is -1.90. The van der Waals surface area contributed by atoms with Crippen molar-refractivity contribution in [2.45, 2.75) is 0 Å². The van der Waals surface area contributed by atoms with Crippen molar-refractivity contribution in [3.05, 3.63) is 89.9 Å². The monoisotopic (exact) mass is 474 g/mol. The van der Waals surface area contributed by atoms with Crippen LogP contribution in [0, 0.1) is 20.2 Å². The van der Waals surface area contributed by atoms with Crippen LogP contribution in [-0.4, -0.2) is 32.5 Å². The largest absolute Gasteiger partial charge is 0.507 e. The highest BCUT2D eigenvalue weighted by atomic mass is 35.5. The molecule has 0 radical (unpaired) electrons. The molecule has 0 aliphatic rings. The SMILES string of the molecule is O=[N+]([O-])c1ccc(O)c(C=Nc2cc(Cl)c(N=Cc3cc([N+](=O)[O-])ccc3O)cc2Cl)c1. The maximum Gasteiger partial charge on any atom is 0.270 e. The van der Waals surface area contributed by atoms with Crippen molar-refractivity contribution in [1.82, 2.24) is 0 Å². The van der Waals surface area contributed by atoms with Crippen molar-refractivity contribution >= 4 is 58.4 Å². The van der Waals surface area contributed by atoms with Crippen LogP contribution in [0.4, 0.5) is 22.7 Å². The Balaban J connectivity index is 1.89. The summed E-state index contributed by atoms with van der Waals surface area (Å²) in [6, 6.07) is 9.73. The van der Waals surface area contributed by atoms with Crippen LogP contribution < -0.4 is 0 Å². The van der Waals surface area contributed by atoms with E-state index in [2.05, 4.69) is 9.98 Å². The van der Waals surface area contributed by atoms with Crippen LogP contribution in [0.3, 0.4) is 0 Å². The van der Waals surface area contributed by atoms with Gasteiger partial charge in [-0.2, -0.15) is 0 Å². The summed E-state index contributed by atoms with van der Waals surface area (Å²) < 4.78 is 0. The molecule has 0 bridgehead atoms. The molecule has 0 aromatic heterocycles. The lowest BCUT2D eigenvalue weighted by atomic mass is 10.2. The third-order valence-electron chi connectivity index (χ3n) is 4.15. The van der Waals surface area contributed by atoms with Gasteiger partial charge < -0.3 is 10.2 Å². The molecule has 0 aliphatic carbocycles. The van der Waals surface area contributed by atoms with Crippen LogP contribution in [0.2, 0.25) is 10.0 Å². The first kappa shape index (κ1) is 22.7. The third kappa shape index (κ3) is 5.17. The van der Waals surface area contributed by atoms with Crippen molar-refractivity contribution in [3.8, 4) is 11.5 Å². The van der Waals surface area contributed by atoms with Gasteiger partial charge >= 0.3 is 0 Å². The number of halogens is 2. The van der Waals surface area contributed by atoms with Gasteiger partial charge in [0.1, 0.15) is 11.5 Å². The summed E-state index contributed by atoms with van der Waals surface area (Å²) in [4.78, 5) is 28.8. The number of nitro groups is 2. The average molecular weight is 475 g/mol. The van der Waals surface area contributed by atoms with Gasteiger partial charge in [-0.1, -0.05) is 23.2 Å². The molecule has 0 amide bonds. The maximum atomic E-state index is 10.9. The predicted octanol–water partition coefficient (Wildman–Crippen LogP) is 5.72. The first-order chi connectivity index (χ1) is 15.2. The highest BCUT2D eigenvalue weighted by Crippen LogP contribution is 2.36. The fourth-order valence-electron chi connectivity index (χ4n) is 2.52. The van der Waals surface area contributed by atoms with Gasteiger partial charge in [0.15, 0.2) is 0 Å². The molecule has 0 atom stereocenters. The molecule has 2 N–H and O–H groups in total. The maximum absolute atomic E-state index is 10.9. The molecule has 0 heterocycles. The minimum Gasteiger partial charge on any atom is -0.507 e. The lowest BCUT2D eigenvalue weighted by molar-refractivity contribution is -0.385. The van der Waals surface area contributed by atoms with E-state index in [4.69, 9.17) is 23.2 Å². The van der Waals surface area contributed by atoms with Crippen molar-refractivity contribution in [3.63, 3.8) is 0 Å². The molecule has 12 heteroatoms. The van der Waals surface area contributed by atoms with Crippen molar-refractivity contribution in [2.24, 2.45) is 9.98 Å². The second kappa shape index (κ2) is 9.41. The van der Waals surface area contributed by atoms with Gasteiger partial charge in [-0.15, -0.1) is 0 Å². The van der Waals surface area contributed by atoms with Crippen LogP contribution >= 0.6 is 23.2 Å². The molecule has 3 aromatic rings. The van der Waals surface area contributed by atoms with Gasteiger partial charge in [0, 0.05) is 47.8 Å².